The largest absolute Gasteiger partial charge is 0.490 e. The molecule has 1 aromatic carbocycles. The summed E-state index contributed by atoms with van der Waals surface area (Å²) in [6.07, 6.45) is 5.82. The van der Waals surface area contributed by atoms with E-state index < -0.39 is 0 Å². The standard InChI is InChI=1S/C17H23FO/c1-11(2)13-4-3-5-15-14(13)8-9-16(18)17(15)19-10-12-6-7-12/h8-9,11-13H,3-7,10H2,1-2H3/t13-/m0/s1. The SMILES string of the molecule is CC(C)[C@@H]1CCCc2c1ccc(F)c2OCC1CC1. The van der Waals surface area contributed by atoms with Crippen molar-refractivity contribution in [1.29, 1.82) is 0 Å². The van der Waals surface area contributed by atoms with Crippen molar-refractivity contribution in [2.24, 2.45) is 11.8 Å². The third-order valence-electron chi connectivity index (χ3n) is 4.56. The van der Waals surface area contributed by atoms with Crippen LogP contribution in [0.25, 0.3) is 0 Å². The van der Waals surface area contributed by atoms with Crippen molar-refractivity contribution in [3.8, 4) is 5.75 Å². The van der Waals surface area contributed by atoms with Crippen LogP contribution in [0.4, 0.5) is 4.39 Å². The topological polar surface area (TPSA) is 9.23 Å². The Kier molecular flexibility index (Phi) is 3.51. The number of benzene rings is 1. The Bertz CT molecular complexity index is 463. The van der Waals surface area contributed by atoms with Gasteiger partial charge in [-0.3, -0.25) is 0 Å². The summed E-state index contributed by atoms with van der Waals surface area (Å²) >= 11 is 0. The summed E-state index contributed by atoms with van der Waals surface area (Å²) in [5, 5.41) is 0. The van der Waals surface area contributed by atoms with E-state index in [1.165, 1.54) is 24.8 Å². The number of halogens is 1. The van der Waals surface area contributed by atoms with Crippen LogP contribution in [0, 0.1) is 17.7 Å². The van der Waals surface area contributed by atoms with Crippen molar-refractivity contribution in [2.45, 2.75) is 51.9 Å². The maximum Gasteiger partial charge on any atom is 0.165 e. The van der Waals surface area contributed by atoms with Crippen LogP contribution in [-0.4, -0.2) is 6.61 Å². The second kappa shape index (κ2) is 5.15. The highest BCUT2D eigenvalue weighted by Crippen LogP contribution is 2.42. The van der Waals surface area contributed by atoms with Crippen molar-refractivity contribution < 1.29 is 9.13 Å². The van der Waals surface area contributed by atoms with E-state index >= 15 is 0 Å². The highest BCUT2D eigenvalue weighted by atomic mass is 19.1. The zero-order valence-electron chi connectivity index (χ0n) is 11.9. The minimum Gasteiger partial charge on any atom is -0.490 e. The summed E-state index contributed by atoms with van der Waals surface area (Å²) < 4.78 is 19.9. The summed E-state index contributed by atoms with van der Waals surface area (Å²) in [6, 6.07) is 3.58. The van der Waals surface area contributed by atoms with Gasteiger partial charge >= 0.3 is 0 Å². The van der Waals surface area contributed by atoms with Crippen LogP contribution >= 0.6 is 0 Å². The van der Waals surface area contributed by atoms with E-state index in [9.17, 15) is 4.39 Å². The quantitative estimate of drug-likeness (QED) is 0.765. The molecular weight excluding hydrogens is 239 g/mol. The number of rotatable bonds is 4. The van der Waals surface area contributed by atoms with Crippen LogP contribution in [0.15, 0.2) is 12.1 Å². The summed E-state index contributed by atoms with van der Waals surface area (Å²) in [7, 11) is 0. The fourth-order valence-electron chi connectivity index (χ4n) is 3.21. The van der Waals surface area contributed by atoms with E-state index in [0.717, 1.165) is 18.4 Å². The van der Waals surface area contributed by atoms with Gasteiger partial charge in [-0.05, 0) is 61.5 Å². The molecule has 2 aliphatic rings. The highest BCUT2D eigenvalue weighted by Gasteiger charge is 2.28. The highest BCUT2D eigenvalue weighted by molar-refractivity contribution is 5.45. The van der Waals surface area contributed by atoms with Crippen LogP contribution in [-0.2, 0) is 6.42 Å². The molecule has 1 fully saturated rings. The summed E-state index contributed by atoms with van der Waals surface area (Å²) in [5.41, 5.74) is 2.47. The molecule has 19 heavy (non-hydrogen) atoms. The van der Waals surface area contributed by atoms with Gasteiger partial charge in [0.15, 0.2) is 11.6 Å². The second-order valence-corrected chi connectivity index (χ2v) is 6.44. The predicted octanol–water partition coefficient (Wildman–Crippen LogP) is 4.69. The van der Waals surface area contributed by atoms with Gasteiger partial charge in [0.2, 0.25) is 0 Å². The molecule has 1 nitrogen and oxygen atoms in total. The normalized spacial score (nSPS) is 22.4. The molecule has 1 atom stereocenters. The fourth-order valence-corrected chi connectivity index (χ4v) is 3.21. The first kappa shape index (κ1) is 13.0. The third-order valence-corrected chi connectivity index (χ3v) is 4.56. The fraction of sp³-hybridized carbons (Fsp3) is 0.647. The molecular formula is C17H23FO. The van der Waals surface area contributed by atoms with E-state index in [1.807, 2.05) is 6.07 Å². The van der Waals surface area contributed by atoms with Gasteiger partial charge in [0, 0.05) is 5.56 Å². The lowest BCUT2D eigenvalue weighted by Crippen LogP contribution is -2.17. The van der Waals surface area contributed by atoms with Crippen molar-refractivity contribution >= 4 is 0 Å². The lowest BCUT2D eigenvalue weighted by atomic mass is 9.76. The van der Waals surface area contributed by atoms with Gasteiger partial charge in [-0.1, -0.05) is 19.9 Å². The molecule has 0 unspecified atom stereocenters. The van der Waals surface area contributed by atoms with Gasteiger partial charge in [0.05, 0.1) is 6.61 Å². The molecule has 2 aliphatic carbocycles. The Morgan fingerprint density at radius 3 is 2.74 bits per heavy atom. The smallest absolute Gasteiger partial charge is 0.165 e. The monoisotopic (exact) mass is 262 g/mol. The van der Waals surface area contributed by atoms with E-state index in [1.54, 1.807) is 6.07 Å². The van der Waals surface area contributed by atoms with E-state index in [2.05, 4.69) is 13.8 Å². The number of hydrogen-bond donors (Lipinski definition) is 0. The molecule has 0 aromatic heterocycles. The summed E-state index contributed by atoms with van der Waals surface area (Å²) in [6.45, 7) is 5.21. The van der Waals surface area contributed by atoms with Crippen LogP contribution in [0.5, 0.6) is 5.75 Å². The minimum atomic E-state index is -0.177. The molecule has 0 heterocycles. The Labute approximate surface area is 115 Å². The molecule has 0 radical (unpaired) electrons. The lowest BCUT2D eigenvalue weighted by Gasteiger charge is -2.30. The van der Waals surface area contributed by atoms with Gasteiger partial charge in [-0.25, -0.2) is 4.39 Å². The molecule has 3 rings (SSSR count). The zero-order chi connectivity index (χ0) is 13.4. The first-order valence-corrected chi connectivity index (χ1v) is 7.61. The third kappa shape index (κ3) is 2.63. The average molecular weight is 262 g/mol. The van der Waals surface area contributed by atoms with Crippen LogP contribution in [0.1, 0.15) is 56.6 Å². The Balaban J connectivity index is 1.91. The molecule has 1 aromatic rings. The maximum atomic E-state index is 14.1. The number of hydrogen-bond acceptors (Lipinski definition) is 1. The average Bonchev–Trinajstić information content (AvgIpc) is 3.20. The van der Waals surface area contributed by atoms with Gasteiger partial charge < -0.3 is 4.74 Å². The molecule has 0 amide bonds. The molecule has 104 valence electrons. The Hall–Kier alpha value is -1.05. The lowest BCUT2D eigenvalue weighted by molar-refractivity contribution is 0.278. The van der Waals surface area contributed by atoms with Crippen molar-refractivity contribution in [3.63, 3.8) is 0 Å². The van der Waals surface area contributed by atoms with Crippen molar-refractivity contribution in [1.82, 2.24) is 0 Å². The molecule has 0 bridgehead atoms. The van der Waals surface area contributed by atoms with Crippen LogP contribution < -0.4 is 4.74 Å². The maximum absolute atomic E-state index is 14.1. The van der Waals surface area contributed by atoms with E-state index in [-0.39, 0.29) is 5.82 Å². The first-order valence-electron chi connectivity index (χ1n) is 7.61. The van der Waals surface area contributed by atoms with Gasteiger partial charge in [0.1, 0.15) is 0 Å². The molecule has 0 spiro atoms. The Morgan fingerprint density at radius 1 is 1.26 bits per heavy atom. The molecule has 0 saturated heterocycles. The van der Waals surface area contributed by atoms with E-state index in [0.29, 0.717) is 30.1 Å². The zero-order valence-corrected chi connectivity index (χ0v) is 11.9. The van der Waals surface area contributed by atoms with Crippen LogP contribution in [0.2, 0.25) is 0 Å². The summed E-state index contributed by atoms with van der Waals surface area (Å²) in [5.74, 6) is 2.21. The second-order valence-electron chi connectivity index (χ2n) is 6.44. The predicted molar refractivity (Wildman–Crippen MR) is 75.1 cm³/mol. The number of ether oxygens (including phenoxy) is 1. The Morgan fingerprint density at radius 2 is 2.05 bits per heavy atom. The van der Waals surface area contributed by atoms with Gasteiger partial charge in [-0.2, -0.15) is 0 Å². The van der Waals surface area contributed by atoms with E-state index in [4.69, 9.17) is 4.74 Å². The first-order chi connectivity index (χ1) is 9.16. The van der Waals surface area contributed by atoms with Gasteiger partial charge in [-0.15, -0.1) is 0 Å². The van der Waals surface area contributed by atoms with Crippen molar-refractivity contribution in [3.05, 3.63) is 29.1 Å². The molecule has 2 heteroatoms. The minimum absolute atomic E-state index is 0.177. The number of fused-ring (bicyclic) bond motifs is 1. The van der Waals surface area contributed by atoms with Gasteiger partial charge in [0.25, 0.3) is 0 Å². The van der Waals surface area contributed by atoms with Crippen LogP contribution in [0.3, 0.4) is 0 Å². The summed E-state index contributed by atoms with van der Waals surface area (Å²) in [4.78, 5) is 0. The van der Waals surface area contributed by atoms with Crippen molar-refractivity contribution in [2.75, 3.05) is 6.61 Å². The molecule has 1 saturated carbocycles. The molecule has 0 aliphatic heterocycles. The molecule has 0 N–H and O–H groups in total.